The van der Waals surface area contributed by atoms with Crippen molar-refractivity contribution in [3.8, 4) is 22.7 Å². The summed E-state index contributed by atoms with van der Waals surface area (Å²) in [7, 11) is 0. The maximum Gasteiger partial charge on any atom is 0.272 e. The first-order valence-corrected chi connectivity index (χ1v) is 12.8. The second-order valence-corrected chi connectivity index (χ2v) is 9.97. The lowest BCUT2D eigenvalue weighted by Gasteiger charge is -2.26. The molecule has 0 aliphatic rings. The second-order valence-electron chi connectivity index (χ2n) is 9.53. The molecule has 0 fully saturated rings. The van der Waals surface area contributed by atoms with E-state index in [1.807, 2.05) is 81.4 Å². The summed E-state index contributed by atoms with van der Waals surface area (Å²) in [4.78, 5) is 25.6. The molecule has 38 heavy (non-hydrogen) atoms. The van der Waals surface area contributed by atoms with Crippen LogP contribution >= 0.6 is 11.6 Å². The number of amides is 2. The summed E-state index contributed by atoms with van der Waals surface area (Å²) in [6.07, 6.45) is 0.157. The van der Waals surface area contributed by atoms with Crippen LogP contribution in [0, 0.1) is 6.92 Å². The molecule has 1 heterocycles. The van der Waals surface area contributed by atoms with Gasteiger partial charge in [-0.1, -0.05) is 60.1 Å². The molecule has 0 bridgehead atoms. The molecular weight excluding hydrogens is 500 g/mol. The summed E-state index contributed by atoms with van der Waals surface area (Å²) in [5, 5.41) is 11.0. The molecule has 0 spiro atoms. The zero-order valence-corrected chi connectivity index (χ0v) is 22.5. The lowest BCUT2D eigenvalue weighted by atomic mass is 10.0. The van der Waals surface area contributed by atoms with Gasteiger partial charge < -0.3 is 15.4 Å². The van der Waals surface area contributed by atoms with E-state index in [4.69, 9.17) is 16.3 Å². The Kier molecular flexibility index (Phi) is 8.48. The fourth-order valence-corrected chi connectivity index (χ4v) is 4.30. The fraction of sp³-hybridized carbons (Fsp3) is 0.233. The Morgan fingerprint density at radius 1 is 0.895 bits per heavy atom. The standard InChI is InChI=1S/C30H31ClN4O3/c1-21-27(34-35(24-12-8-5-9-13-24)28(21)22-10-6-4-7-11-22)29(37)33-19-18-32-26(36)20-30(2,3)38-25-16-14-23(31)15-17-25/h4-17H,18-20H2,1-3H3,(H,32,36)(H,33,37). The summed E-state index contributed by atoms with van der Waals surface area (Å²) in [6, 6.07) is 26.6. The van der Waals surface area contributed by atoms with Crippen molar-refractivity contribution in [1.82, 2.24) is 20.4 Å². The number of ether oxygens (including phenoxy) is 1. The zero-order valence-electron chi connectivity index (χ0n) is 21.7. The number of hydrogen-bond acceptors (Lipinski definition) is 4. The first-order valence-electron chi connectivity index (χ1n) is 12.4. The molecule has 4 aromatic rings. The van der Waals surface area contributed by atoms with E-state index in [1.54, 1.807) is 28.9 Å². The van der Waals surface area contributed by atoms with Crippen LogP contribution in [0.3, 0.4) is 0 Å². The maximum atomic E-state index is 13.1. The van der Waals surface area contributed by atoms with Gasteiger partial charge >= 0.3 is 0 Å². The lowest BCUT2D eigenvalue weighted by molar-refractivity contribution is -0.124. The van der Waals surface area contributed by atoms with Crippen molar-refractivity contribution in [3.05, 3.63) is 101 Å². The first-order chi connectivity index (χ1) is 18.2. The number of carbonyl (C=O) groups excluding carboxylic acids is 2. The van der Waals surface area contributed by atoms with Crippen molar-refractivity contribution in [2.75, 3.05) is 13.1 Å². The van der Waals surface area contributed by atoms with Gasteiger partial charge in [0.25, 0.3) is 5.91 Å². The van der Waals surface area contributed by atoms with Crippen LogP contribution in [0.15, 0.2) is 84.9 Å². The summed E-state index contributed by atoms with van der Waals surface area (Å²) >= 11 is 5.92. The predicted octanol–water partition coefficient (Wildman–Crippen LogP) is 5.59. The molecule has 3 aromatic carbocycles. The molecule has 7 nitrogen and oxygen atoms in total. The third-order valence-corrected chi connectivity index (χ3v) is 6.16. The van der Waals surface area contributed by atoms with Gasteiger partial charge in [-0.3, -0.25) is 9.59 Å². The van der Waals surface area contributed by atoms with E-state index in [-0.39, 0.29) is 31.3 Å². The summed E-state index contributed by atoms with van der Waals surface area (Å²) in [6.45, 7) is 6.14. The summed E-state index contributed by atoms with van der Waals surface area (Å²) in [5.41, 5.74) is 3.11. The minimum Gasteiger partial charge on any atom is -0.487 e. The van der Waals surface area contributed by atoms with Gasteiger partial charge in [0, 0.05) is 29.2 Å². The Morgan fingerprint density at radius 2 is 1.50 bits per heavy atom. The third-order valence-electron chi connectivity index (χ3n) is 5.91. The highest BCUT2D eigenvalue weighted by Gasteiger charge is 2.25. The van der Waals surface area contributed by atoms with Crippen LogP contribution < -0.4 is 15.4 Å². The van der Waals surface area contributed by atoms with Gasteiger partial charge in [0.1, 0.15) is 11.4 Å². The highest BCUT2D eigenvalue weighted by Crippen LogP contribution is 2.28. The minimum atomic E-state index is -0.712. The molecule has 2 amide bonds. The molecule has 2 N–H and O–H groups in total. The highest BCUT2D eigenvalue weighted by atomic mass is 35.5. The Labute approximate surface area is 227 Å². The molecule has 4 rings (SSSR count). The molecular formula is C30H31ClN4O3. The van der Waals surface area contributed by atoms with Gasteiger partial charge in [-0.2, -0.15) is 5.10 Å². The zero-order chi connectivity index (χ0) is 27.1. The van der Waals surface area contributed by atoms with Crippen LogP contribution in [-0.2, 0) is 4.79 Å². The molecule has 196 valence electrons. The Hall–Kier alpha value is -4.10. The second kappa shape index (κ2) is 12.0. The summed E-state index contributed by atoms with van der Waals surface area (Å²) in [5.74, 6) is 0.170. The van der Waals surface area contributed by atoms with Crippen LogP contribution in [0.4, 0.5) is 0 Å². The molecule has 0 atom stereocenters. The van der Waals surface area contributed by atoms with Crippen LogP contribution in [0.1, 0.15) is 36.3 Å². The quantitative estimate of drug-likeness (QED) is 0.262. The maximum absolute atomic E-state index is 13.1. The van der Waals surface area contributed by atoms with Crippen molar-refractivity contribution in [2.45, 2.75) is 32.8 Å². The third kappa shape index (κ3) is 6.81. The topological polar surface area (TPSA) is 85.2 Å². The van der Waals surface area contributed by atoms with Gasteiger partial charge in [0.05, 0.1) is 17.8 Å². The number of benzene rings is 3. The Morgan fingerprint density at radius 3 is 2.16 bits per heavy atom. The van der Waals surface area contributed by atoms with Gasteiger partial charge in [-0.05, 0) is 57.2 Å². The largest absolute Gasteiger partial charge is 0.487 e. The van der Waals surface area contributed by atoms with Crippen molar-refractivity contribution < 1.29 is 14.3 Å². The van der Waals surface area contributed by atoms with Gasteiger partial charge in [0.2, 0.25) is 5.91 Å². The van der Waals surface area contributed by atoms with E-state index >= 15 is 0 Å². The van der Waals surface area contributed by atoms with Crippen LogP contribution in [-0.4, -0.2) is 40.3 Å². The van der Waals surface area contributed by atoms with E-state index in [9.17, 15) is 9.59 Å². The van der Waals surface area contributed by atoms with Gasteiger partial charge in [0.15, 0.2) is 5.69 Å². The molecule has 0 aliphatic heterocycles. The average molecular weight is 531 g/mol. The van der Waals surface area contributed by atoms with Crippen LogP contribution in [0.5, 0.6) is 5.75 Å². The Balaban J connectivity index is 1.36. The number of hydrogen-bond donors (Lipinski definition) is 2. The molecule has 0 radical (unpaired) electrons. The molecule has 0 aliphatic carbocycles. The van der Waals surface area contributed by atoms with Gasteiger partial charge in [-0.15, -0.1) is 0 Å². The number of nitrogens with one attached hydrogen (secondary N) is 2. The molecule has 8 heteroatoms. The van der Waals surface area contributed by atoms with Crippen molar-refractivity contribution in [2.24, 2.45) is 0 Å². The van der Waals surface area contributed by atoms with Crippen molar-refractivity contribution in [1.29, 1.82) is 0 Å². The van der Waals surface area contributed by atoms with Crippen LogP contribution in [0.25, 0.3) is 16.9 Å². The van der Waals surface area contributed by atoms with Crippen molar-refractivity contribution >= 4 is 23.4 Å². The number of nitrogens with zero attached hydrogens (tertiary/aromatic N) is 2. The smallest absolute Gasteiger partial charge is 0.272 e. The number of carbonyl (C=O) groups is 2. The molecule has 0 saturated carbocycles. The number of rotatable bonds is 10. The van der Waals surface area contributed by atoms with Gasteiger partial charge in [-0.25, -0.2) is 4.68 Å². The number of halogens is 1. The fourth-order valence-electron chi connectivity index (χ4n) is 4.17. The van der Waals surface area contributed by atoms with E-state index in [0.29, 0.717) is 16.5 Å². The lowest BCUT2D eigenvalue weighted by Crippen LogP contribution is -2.40. The highest BCUT2D eigenvalue weighted by molar-refractivity contribution is 6.30. The molecule has 0 unspecified atom stereocenters. The molecule has 0 saturated heterocycles. The average Bonchev–Trinajstić information content (AvgIpc) is 3.25. The Bertz CT molecular complexity index is 1380. The van der Waals surface area contributed by atoms with E-state index < -0.39 is 5.60 Å². The van der Waals surface area contributed by atoms with E-state index in [2.05, 4.69) is 15.7 Å². The van der Waals surface area contributed by atoms with E-state index in [1.165, 1.54) is 0 Å². The number of aromatic nitrogens is 2. The normalized spacial score (nSPS) is 11.2. The monoisotopic (exact) mass is 530 g/mol. The molecule has 1 aromatic heterocycles. The SMILES string of the molecule is Cc1c(C(=O)NCCNC(=O)CC(C)(C)Oc2ccc(Cl)cc2)nn(-c2ccccc2)c1-c1ccccc1. The minimum absolute atomic E-state index is 0.157. The van der Waals surface area contributed by atoms with Crippen LogP contribution in [0.2, 0.25) is 5.02 Å². The number of para-hydroxylation sites is 1. The van der Waals surface area contributed by atoms with E-state index in [0.717, 1.165) is 22.5 Å². The first kappa shape index (κ1) is 26.9. The van der Waals surface area contributed by atoms with Crippen molar-refractivity contribution in [3.63, 3.8) is 0 Å². The summed E-state index contributed by atoms with van der Waals surface area (Å²) < 4.78 is 7.73. The predicted molar refractivity (Wildman–Crippen MR) is 150 cm³/mol.